The Morgan fingerprint density at radius 1 is 0.971 bits per heavy atom. The highest BCUT2D eigenvalue weighted by Crippen LogP contribution is 2.44. The van der Waals surface area contributed by atoms with Crippen LogP contribution in [-0.4, -0.2) is 53.2 Å². The molecule has 2 aromatic rings. The minimum Gasteiger partial charge on any atom is -0.481 e. The minimum absolute atomic E-state index is 0.000111. The lowest BCUT2D eigenvalue weighted by molar-refractivity contribution is -0.141. The van der Waals surface area contributed by atoms with Crippen LogP contribution in [0.1, 0.15) is 55.6 Å². The maximum atomic E-state index is 13.0. The van der Waals surface area contributed by atoms with Crippen LogP contribution in [0.2, 0.25) is 0 Å². The van der Waals surface area contributed by atoms with E-state index in [9.17, 15) is 14.4 Å². The fourth-order valence-corrected chi connectivity index (χ4v) is 5.92. The molecule has 2 fully saturated rings. The molecule has 34 heavy (non-hydrogen) atoms. The Morgan fingerprint density at radius 2 is 1.65 bits per heavy atom. The number of hydrogen-bond donors (Lipinski definition) is 2. The van der Waals surface area contributed by atoms with Crippen molar-refractivity contribution in [2.45, 2.75) is 56.5 Å². The zero-order valence-electron chi connectivity index (χ0n) is 19.1. The van der Waals surface area contributed by atoms with E-state index in [-0.39, 0.29) is 42.9 Å². The van der Waals surface area contributed by atoms with Crippen LogP contribution in [0.25, 0.3) is 11.1 Å². The molecule has 0 aromatic heterocycles. The maximum absolute atomic E-state index is 13.0. The molecule has 3 aliphatic rings. The summed E-state index contributed by atoms with van der Waals surface area (Å²) in [6, 6.07) is 16.1. The first-order valence-corrected chi connectivity index (χ1v) is 12.1. The number of fused-ring (bicyclic) bond motifs is 3. The molecule has 7 heteroatoms. The number of carboxylic acids is 1. The van der Waals surface area contributed by atoms with E-state index >= 15 is 0 Å². The van der Waals surface area contributed by atoms with Crippen LogP contribution < -0.4 is 5.32 Å². The number of aliphatic carboxylic acids is 1. The second kappa shape index (κ2) is 9.49. The molecule has 7 nitrogen and oxygen atoms in total. The Hall–Kier alpha value is -3.35. The van der Waals surface area contributed by atoms with E-state index in [1.807, 2.05) is 24.3 Å². The average molecular weight is 463 g/mol. The molecule has 1 aliphatic heterocycles. The van der Waals surface area contributed by atoms with Crippen LogP contribution >= 0.6 is 0 Å². The van der Waals surface area contributed by atoms with Gasteiger partial charge in [0.1, 0.15) is 6.61 Å². The molecule has 1 heterocycles. The van der Waals surface area contributed by atoms with Crippen molar-refractivity contribution in [3.8, 4) is 11.1 Å². The molecule has 3 atom stereocenters. The largest absolute Gasteiger partial charge is 0.481 e. The fourth-order valence-electron chi connectivity index (χ4n) is 5.92. The molecular formula is C27H30N2O5. The number of carbonyl (C=O) groups is 3. The summed E-state index contributed by atoms with van der Waals surface area (Å²) < 4.78 is 5.65. The quantitative estimate of drug-likeness (QED) is 0.672. The highest BCUT2D eigenvalue weighted by atomic mass is 16.5. The van der Waals surface area contributed by atoms with Crippen LogP contribution in [0, 0.1) is 5.92 Å². The van der Waals surface area contributed by atoms with Gasteiger partial charge >= 0.3 is 12.1 Å². The summed E-state index contributed by atoms with van der Waals surface area (Å²) in [7, 11) is 0. The summed E-state index contributed by atoms with van der Waals surface area (Å²) in [5, 5.41) is 12.1. The van der Waals surface area contributed by atoms with Gasteiger partial charge in [0.05, 0.1) is 6.42 Å². The molecule has 0 radical (unpaired) electrons. The van der Waals surface area contributed by atoms with E-state index in [1.165, 1.54) is 22.3 Å². The first-order chi connectivity index (χ1) is 16.5. The van der Waals surface area contributed by atoms with Gasteiger partial charge in [-0.25, -0.2) is 4.79 Å². The van der Waals surface area contributed by atoms with Gasteiger partial charge in [-0.2, -0.15) is 0 Å². The molecule has 5 rings (SSSR count). The molecule has 2 amide bonds. The topological polar surface area (TPSA) is 95.9 Å². The van der Waals surface area contributed by atoms with E-state index < -0.39 is 12.1 Å². The molecule has 2 aromatic carbocycles. The van der Waals surface area contributed by atoms with Gasteiger partial charge in [-0.1, -0.05) is 48.5 Å². The third-order valence-corrected chi connectivity index (χ3v) is 7.52. The number of carboxylic acid groups (broad SMARTS) is 1. The first kappa shape index (κ1) is 22.4. The van der Waals surface area contributed by atoms with Crippen molar-refractivity contribution in [2.24, 2.45) is 5.92 Å². The third-order valence-electron chi connectivity index (χ3n) is 7.52. The van der Waals surface area contributed by atoms with E-state index in [0.717, 1.165) is 19.3 Å². The second-order valence-electron chi connectivity index (χ2n) is 9.60. The Kier molecular flexibility index (Phi) is 6.26. The number of rotatable bonds is 6. The SMILES string of the molecule is O=C(O)CC1CCCN1C(=O)[C@H]1CC[C@@H](NC(=O)OCC2c3ccccc3-c3ccccc32)C1. The van der Waals surface area contributed by atoms with Crippen molar-refractivity contribution >= 4 is 18.0 Å². The van der Waals surface area contributed by atoms with Crippen LogP contribution in [0.15, 0.2) is 48.5 Å². The molecular weight excluding hydrogens is 432 g/mol. The Balaban J connectivity index is 1.15. The lowest BCUT2D eigenvalue weighted by atomic mass is 9.98. The molecule has 2 aliphatic carbocycles. The molecule has 0 bridgehead atoms. The van der Waals surface area contributed by atoms with Crippen molar-refractivity contribution < 1.29 is 24.2 Å². The highest BCUT2D eigenvalue weighted by Gasteiger charge is 2.38. The summed E-state index contributed by atoms with van der Waals surface area (Å²) in [6.07, 6.45) is 3.12. The van der Waals surface area contributed by atoms with E-state index in [0.29, 0.717) is 19.4 Å². The van der Waals surface area contributed by atoms with Gasteiger partial charge in [0.25, 0.3) is 0 Å². The van der Waals surface area contributed by atoms with Crippen LogP contribution in [-0.2, 0) is 14.3 Å². The zero-order chi connectivity index (χ0) is 23.7. The summed E-state index contributed by atoms with van der Waals surface area (Å²) in [6.45, 7) is 0.886. The van der Waals surface area contributed by atoms with Gasteiger partial charge in [-0.15, -0.1) is 0 Å². The Morgan fingerprint density at radius 3 is 2.32 bits per heavy atom. The smallest absolute Gasteiger partial charge is 0.407 e. The predicted molar refractivity (Wildman–Crippen MR) is 126 cm³/mol. The van der Waals surface area contributed by atoms with E-state index in [2.05, 4.69) is 29.6 Å². The summed E-state index contributed by atoms with van der Waals surface area (Å²) >= 11 is 0. The number of amides is 2. The first-order valence-electron chi connectivity index (χ1n) is 12.1. The standard InChI is InChI=1S/C27H30N2O5/c30-25(31)15-19-6-5-13-29(19)26(32)17-11-12-18(14-17)28-27(33)34-16-24-22-9-3-1-7-20(22)21-8-2-4-10-23(21)24/h1-4,7-10,17-19,24H,5-6,11-16H2,(H,28,33)(H,30,31)/t17-,18+,19?/m0/s1. The van der Waals surface area contributed by atoms with Crippen LogP contribution in [0.4, 0.5) is 4.79 Å². The van der Waals surface area contributed by atoms with Gasteiger partial charge < -0.3 is 20.1 Å². The van der Waals surface area contributed by atoms with Crippen molar-refractivity contribution in [3.05, 3.63) is 59.7 Å². The molecule has 1 saturated carbocycles. The van der Waals surface area contributed by atoms with Gasteiger partial charge in [-0.3, -0.25) is 9.59 Å². The van der Waals surface area contributed by atoms with E-state index in [4.69, 9.17) is 9.84 Å². The van der Waals surface area contributed by atoms with Crippen molar-refractivity contribution in [1.82, 2.24) is 10.2 Å². The zero-order valence-corrected chi connectivity index (χ0v) is 19.1. The number of ether oxygens (including phenoxy) is 1. The summed E-state index contributed by atoms with van der Waals surface area (Å²) in [4.78, 5) is 38.4. The molecule has 178 valence electrons. The minimum atomic E-state index is -0.870. The molecule has 1 unspecified atom stereocenters. The number of likely N-dealkylation sites (tertiary alicyclic amines) is 1. The van der Waals surface area contributed by atoms with Gasteiger partial charge in [0.2, 0.25) is 5.91 Å². The number of alkyl carbamates (subject to hydrolysis) is 1. The van der Waals surface area contributed by atoms with Crippen LogP contribution in [0.3, 0.4) is 0 Å². The van der Waals surface area contributed by atoms with Crippen molar-refractivity contribution in [1.29, 1.82) is 0 Å². The van der Waals surface area contributed by atoms with Gasteiger partial charge in [0.15, 0.2) is 0 Å². The Bertz CT molecular complexity index is 1050. The maximum Gasteiger partial charge on any atom is 0.407 e. The van der Waals surface area contributed by atoms with E-state index in [1.54, 1.807) is 4.90 Å². The molecule has 2 N–H and O–H groups in total. The van der Waals surface area contributed by atoms with Crippen molar-refractivity contribution in [2.75, 3.05) is 13.2 Å². The molecule has 1 saturated heterocycles. The van der Waals surface area contributed by atoms with Gasteiger partial charge in [-0.05, 0) is 54.4 Å². The normalized spacial score (nSPS) is 23.4. The highest BCUT2D eigenvalue weighted by molar-refractivity contribution is 5.81. The number of carbonyl (C=O) groups excluding carboxylic acids is 2. The average Bonchev–Trinajstić information content (AvgIpc) is 3.55. The lowest BCUT2D eigenvalue weighted by Crippen LogP contribution is -2.41. The number of nitrogens with one attached hydrogen (secondary N) is 1. The number of benzene rings is 2. The monoisotopic (exact) mass is 462 g/mol. The van der Waals surface area contributed by atoms with Crippen molar-refractivity contribution in [3.63, 3.8) is 0 Å². The molecule has 0 spiro atoms. The summed E-state index contributed by atoms with van der Waals surface area (Å²) in [5.41, 5.74) is 4.72. The Labute approximate surface area is 199 Å². The number of nitrogens with zero attached hydrogens (tertiary/aromatic N) is 1. The third kappa shape index (κ3) is 4.39. The van der Waals surface area contributed by atoms with Crippen LogP contribution in [0.5, 0.6) is 0 Å². The second-order valence-corrected chi connectivity index (χ2v) is 9.60. The fraction of sp³-hybridized carbons (Fsp3) is 0.444. The number of hydrogen-bond acceptors (Lipinski definition) is 4. The van der Waals surface area contributed by atoms with Gasteiger partial charge in [0, 0.05) is 30.5 Å². The lowest BCUT2D eigenvalue weighted by Gasteiger charge is -2.26. The summed E-state index contributed by atoms with van der Waals surface area (Å²) in [5.74, 6) is -1.00. The predicted octanol–water partition coefficient (Wildman–Crippen LogP) is 4.16.